The zero-order chi connectivity index (χ0) is 17.7. The van der Waals surface area contributed by atoms with Gasteiger partial charge in [-0.15, -0.1) is 23.2 Å². The van der Waals surface area contributed by atoms with E-state index in [1.54, 1.807) is 0 Å². The van der Waals surface area contributed by atoms with Gasteiger partial charge in [0, 0.05) is 11.4 Å². The molecular weight excluding hydrogens is 347 g/mol. The van der Waals surface area contributed by atoms with E-state index in [0.29, 0.717) is 11.4 Å². The third kappa shape index (κ3) is 4.49. The Morgan fingerprint density at radius 3 is 1.46 bits per heavy atom. The second-order valence-electron chi connectivity index (χ2n) is 5.42. The molecule has 6 heteroatoms. The van der Waals surface area contributed by atoms with E-state index >= 15 is 0 Å². The third-order valence-corrected chi connectivity index (χ3v) is 4.04. The number of carbonyl (C=O) groups excluding carboxylic acids is 2. The van der Waals surface area contributed by atoms with Crippen LogP contribution in [0.2, 0.25) is 0 Å². The van der Waals surface area contributed by atoms with Crippen molar-refractivity contribution in [1.29, 1.82) is 0 Å². The summed E-state index contributed by atoms with van der Waals surface area (Å²) < 4.78 is 0. The molecule has 2 amide bonds. The van der Waals surface area contributed by atoms with Crippen LogP contribution in [-0.2, 0) is 9.59 Å². The minimum Gasteiger partial charge on any atom is -0.325 e. The first-order chi connectivity index (χ1) is 11.4. The van der Waals surface area contributed by atoms with Gasteiger partial charge in [0.1, 0.15) is 11.8 Å². The summed E-state index contributed by atoms with van der Waals surface area (Å²) in [6.07, 6.45) is 0. The van der Waals surface area contributed by atoms with Gasteiger partial charge in [-0.05, 0) is 60.4 Å². The number of hydrogen-bond acceptors (Lipinski definition) is 2. The van der Waals surface area contributed by atoms with Gasteiger partial charge < -0.3 is 10.6 Å². The molecule has 0 aliphatic heterocycles. The van der Waals surface area contributed by atoms with Crippen LogP contribution in [0.5, 0.6) is 0 Å². The molecule has 0 fully saturated rings. The van der Waals surface area contributed by atoms with Crippen LogP contribution in [0.4, 0.5) is 11.4 Å². The molecule has 4 nitrogen and oxygen atoms in total. The molecule has 0 unspecified atom stereocenters. The lowest BCUT2D eigenvalue weighted by Gasteiger charge is -2.13. The molecule has 0 saturated heterocycles. The molecule has 0 aromatic heterocycles. The number of amides is 2. The summed E-state index contributed by atoms with van der Waals surface area (Å²) >= 11 is 11.0. The Bertz CT molecular complexity index is 710. The molecule has 24 heavy (non-hydrogen) atoms. The number of anilines is 2. The smallest absolute Gasteiger partial charge is 0.239 e. The molecule has 2 rings (SSSR count). The fraction of sp³-hybridized carbons (Fsp3) is 0.222. The number of alkyl halides is 2. The molecule has 0 saturated carbocycles. The summed E-state index contributed by atoms with van der Waals surface area (Å²) in [6.45, 7) is 3.96. The molecular formula is C18H18Cl2N2O2. The van der Waals surface area contributed by atoms with Gasteiger partial charge >= 0.3 is 0 Å². The van der Waals surface area contributed by atoms with Gasteiger partial charge in [0.2, 0.25) is 11.8 Å². The molecule has 126 valence electrons. The summed E-state index contributed by atoms with van der Waals surface area (Å²) in [6, 6.07) is 11.4. The van der Waals surface area contributed by atoms with Crippen LogP contribution >= 0.6 is 23.2 Å². The number of halogens is 2. The Kier molecular flexibility index (Phi) is 6.23. The lowest BCUT2D eigenvalue weighted by Crippen LogP contribution is -2.12. The Hall–Kier alpha value is -2.04. The number of hydrogen-bond donors (Lipinski definition) is 2. The first-order valence-corrected chi connectivity index (χ1v) is 8.44. The Morgan fingerprint density at radius 2 is 1.17 bits per heavy atom. The van der Waals surface area contributed by atoms with Crippen LogP contribution in [0.15, 0.2) is 36.4 Å². The molecule has 0 aliphatic carbocycles. The van der Waals surface area contributed by atoms with Crippen molar-refractivity contribution in [2.75, 3.05) is 22.4 Å². The van der Waals surface area contributed by atoms with Crippen molar-refractivity contribution in [1.82, 2.24) is 0 Å². The Morgan fingerprint density at radius 1 is 0.792 bits per heavy atom. The molecule has 2 N–H and O–H groups in total. The van der Waals surface area contributed by atoms with E-state index in [4.69, 9.17) is 23.2 Å². The number of benzene rings is 2. The topological polar surface area (TPSA) is 58.2 Å². The van der Waals surface area contributed by atoms with E-state index in [9.17, 15) is 9.59 Å². The van der Waals surface area contributed by atoms with Gasteiger partial charge in [0.05, 0.1) is 0 Å². The van der Waals surface area contributed by atoms with Gasteiger partial charge in [0.25, 0.3) is 0 Å². The Balaban J connectivity index is 2.28. The average Bonchev–Trinajstić information content (AvgIpc) is 2.55. The van der Waals surface area contributed by atoms with E-state index in [0.717, 1.165) is 22.3 Å². The van der Waals surface area contributed by atoms with Crippen molar-refractivity contribution in [2.45, 2.75) is 13.8 Å². The van der Waals surface area contributed by atoms with Crippen LogP contribution in [0, 0.1) is 13.8 Å². The molecule has 0 bridgehead atoms. The maximum atomic E-state index is 11.4. The zero-order valence-electron chi connectivity index (χ0n) is 13.5. The van der Waals surface area contributed by atoms with Crippen molar-refractivity contribution < 1.29 is 9.59 Å². The minimum atomic E-state index is -0.237. The molecule has 0 aliphatic rings. The molecule has 2 aromatic rings. The van der Waals surface area contributed by atoms with Gasteiger partial charge in [-0.3, -0.25) is 9.59 Å². The molecule has 0 atom stereocenters. The Labute approximate surface area is 151 Å². The summed E-state index contributed by atoms with van der Waals surface area (Å²) in [5.41, 5.74) is 5.61. The summed E-state index contributed by atoms with van der Waals surface area (Å²) in [4.78, 5) is 22.7. The second kappa shape index (κ2) is 8.18. The molecule has 2 aromatic carbocycles. The van der Waals surface area contributed by atoms with Crippen LogP contribution in [0.25, 0.3) is 11.1 Å². The van der Waals surface area contributed by atoms with Crippen LogP contribution in [0.3, 0.4) is 0 Å². The highest BCUT2D eigenvalue weighted by Crippen LogP contribution is 2.30. The van der Waals surface area contributed by atoms with Crippen molar-refractivity contribution in [3.8, 4) is 11.1 Å². The molecule has 0 radical (unpaired) electrons. The predicted octanol–water partition coefficient (Wildman–Crippen LogP) is 4.33. The maximum Gasteiger partial charge on any atom is 0.239 e. The number of nitrogens with one attached hydrogen (secondary N) is 2. The van der Waals surface area contributed by atoms with Crippen LogP contribution < -0.4 is 10.6 Å². The van der Waals surface area contributed by atoms with Crippen LogP contribution in [0.1, 0.15) is 11.1 Å². The summed E-state index contributed by atoms with van der Waals surface area (Å²) in [5, 5.41) is 5.46. The van der Waals surface area contributed by atoms with Crippen molar-refractivity contribution in [2.24, 2.45) is 0 Å². The van der Waals surface area contributed by atoms with Crippen molar-refractivity contribution in [3.63, 3.8) is 0 Å². The third-order valence-electron chi connectivity index (χ3n) is 3.55. The van der Waals surface area contributed by atoms with Crippen molar-refractivity contribution >= 4 is 46.4 Å². The monoisotopic (exact) mass is 364 g/mol. The first kappa shape index (κ1) is 18.3. The van der Waals surface area contributed by atoms with E-state index in [2.05, 4.69) is 10.6 Å². The average molecular weight is 365 g/mol. The largest absolute Gasteiger partial charge is 0.325 e. The normalized spacial score (nSPS) is 10.3. The van der Waals surface area contributed by atoms with Gasteiger partial charge in [-0.25, -0.2) is 0 Å². The summed E-state index contributed by atoms with van der Waals surface area (Å²) in [5.74, 6) is -0.621. The van der Waals surface area contributed by atoms with Gasteiger partial charge in [-0.2, -0.15) is 0 Å². The molecule has 0 spiro atoms. The lowest BCUT2D eigenvalue weighted by atomic mass is 9.96. The quantitative estimate of drug-likeness (QED) is 0.775. The minimum absolute atomic E-state index is 0.0740. The lowest BCUT2D eigenvalue weighted by molar-refractivity contribution is -0.114. The predicted molar refractivity (Wildman–Crippen MR) is 100 cm³/mol. The van der Waals surface area contributed by atoms with Gasteiger partial charge in [0.15, 0.2) is 0 Å². The van der Waals surface area contributed by atoms with E-state index in [1.807, 2.05) is 50.2 Å². The van der Waals surface area contributed by atoms with E-state index in [1.165, 1.54) is 0 Å². The maximum absolute atomic E-state index is 11.4. The highest BCUT2D eigenvalue weighted by Gasteiger charge is 2.09. The SMILES string of the molecule is Cc1cc(NC(=O)CCl)ccc1-c1ccc(NC(=O)CCl)cc1C. The standard InChI is InChI=1S/C18H18Cl2N2O2/c1-11-7-13(21-17(23)9-19)3-5-15(11)16-6-4-14(8-12(16)2)22-18(24)10-20/h3-8H,9-10H2,1-2H3,(H,21,23)(H,22,24). The number of rotatable bonds is 5. The first-order valence-electron chi connectivity index (χ1n) is 7.38. The zero-order valence-corrected chi connectivity index (χ0v) is 15.0. The fourth-order valence-corrected chi connectivity index (χ4v) is 2.61. The second-order valence-corrected chi connectivity index (χ2v) is 5.96. The molecule has 0 heterocycles. The van der Waals surface area contributed by atoms with E-state index in [-0.39, 0.29) is 23.6 Å². The summed E-state index contributed by atoms with van der Waals surface area (Å²) in [7, 11) is 0. The fourth-order valence-electron chi connectivity index (χ4n) is 2.48. The number of aryl methyl sites for hydroxylation is 2. The van der Waals surface area contributed by atoms with Gasteiger partial charge in [-0.1, -0.05) is 12.1 Å². The van der Waals surface area contributed by atoms with Crippen LogP contribution in [-0.4, -0.2) is 23.6 Å². The highest BCUT2D eigenvalue weighted by atomic mass is 35.5. The van der Waals surface area contributed by atoms with E-state index < -0.39 is 0 Å². The highest BCUT2D eigenvalue weighted by molar-refractivity contribution is 6.29. The van der Waals surface area contributed by atoms with Crippen molar-refractivity contribution in [3.05, 3.63) is 47.5 Å². The number of carbonyl (C=O) groups is 2.